The molecule has 0 saturated heterocycles. The number of para-hydroxylation sites is 1. The highest BCUT2D eigenvalue weighted by Gasteiger charge is 2.15. The average Bonchev–Trinajstić information content (AvgIpc) is 3.29. The molecule has 7 rings (SSSR count). The Hall–Kier alpha value is -4.62. The van der Waals surface area contributed by atoms with Gasteiger partial charge in [-0.05, 0) is 76.2 Å². The number of hydrogen-bond acceptors (Lipinski definition) is 1. The zero-order valence-corrected chi connectivity index (χ0v) is 21.0. The lowest BCUT2D eigenvalue weighted by Gasteiger charge is -2.13. The predicted octanol–water partition coefficient (Wildman–Crippen LogP) is 10.4. The molecule has 1 heterocycles. The van der Waals surface area contributed by atoms with Crippen molar-refractivity contribution < 1.29 is 4.42 Å². The first-order valence-electron chi connectivity index (χ1n) is 12.8. The van der Waals surface area contributed by atoms with E-state index in [1.165, 1.54) is 55.3 Å². The molecule has 0 radical (unpaired) electrons. The van der Waals surface area contributed by atoms with Crippen molar-refractivity contribution in [3.8, 4) is 33.4 Å². The Labute approximate surface area is 216 Å². The van der Waals surface area contributed by atoms with Crippen molar-refractivity contribution in [1.29, 1.82) is 0 Å². The number of hydrogen-bond donors (Lipinski definition) is 0. The Bertz CT molecular complexity index is 1900. The second-order valence-electron chi connectivity index (χ2n) is 9.97. The van der Waals surface area contributed by atoms with E-state index in [1.807, 2.05) is 12.1 Å². The maximum absolute atomic E-state index is 6.30. The van der Waals surface area contributed by atoms with Gasteiger partial charge in [0.2, 0.25) is 0 Å². The number of fused-ring (bicyclic) bond motifs is 4. The summed E-state index contributed by atoms with van der Waals surface area (Å²) in [5.41, 5.74) is 11.8. The van der Waals surface area contributed by atoms with Crippen molar-refractivity contribution in [2.75, 3.05) is 0 Å². The van der Waals surface area contributed by atoms with E-state index >= 15 is 0 Å². The molecule has 0 spiro atoms. The molecular formula is C36H26O. The van der Waals surface area contributed by atoms with Crippen LogP contribution in [0, 0.1) is 13.8 Å². The largest absolute Gasteiger partial charge is 0.456 e. The molecule has 0 fully saturated rings. The van der Waals surface area contributed by atoms with Crippen molar-refractivity contribution in [3.63, 3.8) is 0 Å². The van der Waals surface area contributed by atoms with Crippen molar-refractivity contribution in [2.24, 2.45) is 0 Å². The molecule has 1 aromatic heterocycles. The Morgan fingerprint density at radius 2 is 0.973 bits per heavy atom. The van der Waals surface area contributed by atoms with Gasteiger partial charge in [-0.25, -0.2) is 0 Å². The minimum Gasteiger partial charge on any atom is -0.456 e. The fourth-order valence-corrected chi connectivity index (χ4v) is 5.67. The van der Waals surface area contributed by atoms with Crippen LogP contribution in [0.4, 0.5) is 0 Å². The first kappa shape index (κ1) is 21.6. The zero-order chi connectivity index (χ0) is 24.9. The molecule has 176 valence electrons. The topological polar surface area (TPSA) is 13.1 Å². The minimum absolute atomic E-state index is 0.923. The predicted molar refractivity (Wildman–Crippen MR) is 157 cm³/mol. The monoisotopic (exact) mass is 474 g/mol. The molecular weight excluding hydrogens is 448 g/mol. The SMILES string of the molecule is Cc1cc(C)cc(-c2ccc(-c3ccc(-c4ccccc4)c4cc5c(cc34)oc3ccccc35)cc2)c1. The zero-order valence-electron chi connectivity index (χ0n) is 21.0. The molecule has 0 saturated carbocycles. The van der Waals surface area contributed by atoms with Gasteiger partial charge in [0.1, 0.15) is 11.2 Å². The first-order valence-corrected chi connectivity index (χ1v) is 12.8. The summed E-state index contributed by atoms with van der Waals surface area (Å²) in [4.78, 5) is 0. The van der Waals surface area contributed by atoms with Crippen LogP contribution in [-0.4, -0.2) is 0 Å². The van der Waals surface area contributed by atoms with E-state index in [0.717, 1.165) is 21.9 Å². The highest BCUT2D eigenvalue weighted by Crippen LogP contribution is 2.40. The summed E-state index contributed by atoms with van der Waals surface area (Å²) >= 11 is 0. The van der Waals surface area contributed by atoms with E-state index in [2.05, 4.69) is 123 Å². The summed E-state index contributed by atoms with van der Waals surface area (Å²) < 4.78 is 6.30. The summed E-state index contributed by atoms with van der Waals surface area (Å²) in [7, 11) is 0. The smallest absolute Gasteiger partial charge is 0.136 e. The van der Waals surface area contributed by atoms with Gasteiger partial charge in [0.05, 0.1) is 0 Å². The van der Waals surface area contributed by atoms with Gasteiger partial charge in [0.15, 0.2) is 0 Å². The molecule has 0 aliphatic carbocycles. The summed E-state index contributed by atoms with van der Waals surface area (Å²) in [5, 5.41) is 4.75. The van der Waals surface area contributed by atoms with Gasteiger partial charge in [0, 0.05) is 10.8 Å². The quantitative estimate of drug-likeness (QED) is 0.248. The third kappa shape index (κ3) is 3.72. The molecule has 7 aromatic rings. The van der Waals surface area contributed by atoms with Gasteiger partial charge >= 0.3 is 0 Å². The van der Waals surface area contributed by atoms with Crippen LogP contribution in [0.5, 0.6) is 0 Å². The summed E-state index contributed by atoms with van der Waals surface area (Å²) in [6, 6.07) is 43.7. The molecule has 0 aliphatic rings. The molecule has 0 atom stereocenters. The van der Waals surface area contributed by atoms with Crippen molar-refractivity contribution >= 4 is 32.7 Å². The lowest BCUT2D eigenvalue weighted by atomic mass is 9.90. The van der Waals surface area contributed by atoms with E-state index in [9.17, 15) is 0 Å². The van der Waals surface area contributed by atoms with Gasteiger partial charge in [-0.15, -0.1) is 0 Å². The molecule has 0 amide bonds. The Balaban J connectivity index is 1.45. The van der Waals surface area contributed by atoms with Crippen LogP contribution in [0.3, 0.4) is 0 Å². The average molecular weight is 475 g/mol. The van der Waals surface area contributed by atoms with Crippen LogP contribution >= 0.6 is 0 Å². The molecule has 0 aliphatic heterocycles. The van der Waals surface area contributed by atoms with Crippen LogP contribution in [0.15, 0.2) is 126 Å². The van der Waals surface area contributed by atoms with Crippen molar-refractivity contribution in [2.45, 2.75) is 13.8 Å². The van der Waals surface area contributed by atoms with Crippen LogP contribution < -0.4 is 0 Å². The highest BCUT2D eigenvalue weighted by molar-refractivity contribution is 6.15. The van der Waals surface area contributed by atoms with Crippen LogP contribution in [0.25, 0.3) is 66.1 Å². The van der Waals surface area contributed by atoms with Gasteiger partial charge in [-0.3, -0.25) is 0 Å². The number of furan rings is 1. The van der Waals surface area contributed by atoms with Gasteiger partial charge in [-0.1, -0.05) is 114 Å². The third-order valence-corrected chi connectivity index (χ3v) is 7.35. The molecule has 1 heteroatoms. The van der Waals surface area contributed by atoms with Crippen LogP contribution in [-0.2, 0) is 0 Å². The van der Waals surface area contributed by atoms with E-state index in [4.69, 9.17) is 4.42 Å². The summed E-state index contributed by atoms with van der Waals surface area (Å²) in [5.74, 6) is 0. The number of benzene rings is 6. The van der Waals surface area contributed by atoms with E-state index in [0.29, 0.717) is 0 Å². The molecule has 6 aromatic carbocycles. The molecule has 1 nitrogen and oxygen atoms in total. The van der Waals surface area contributed by atoms with Crippen molar-refractivity contribution in [3.05, 3.63) is 132 Å². The van der Waals surface area contributed by atoms with Crippen LogP contribution in [0.2, 0.25) is 0 Å². The number of rotatable bonds is 3. The Morgan fingerprint density at radius 1 is 0.378 bits per heavy atom. The third-order valence-electron chi connectivity index (χ3n) is 7.35. The maximum atomic E-state index is 6.30. The minimum atomic E-state index is 0.923. The van der Waals surface area contributed by atoms with E-state index < -0.39 is 0 Å². The second-order valence-corrected chi connectivity index (χ2v) is 9.97. The van der Waals surface area contributed by atoms with Gasteiger partial charge in [-0.2, -0.15) is 0 Å². The second kappa shape index (κ2) is 8.50. The summed E-state index contributed by atoms with van der Waals surface area (Å²) in [6.07, 6.45) is 0. The Morgan fingerprint density at radius 3 is 1.70 bits per heavy atom. The lowest BCUT2D eigenvalue weighted by molar-refractivity contribution is 0.669. The van der Waals surface area contributed by atoms with E-state index in [1.54, 1.807) is 0 Å². The van der Waals surface area contributed by atoms with E-state index in [-0.39, 0.29) is 0 Å². The molecule has 0 unspecified atom stereocenters. The first-order chi connectivity index (χ1) is 18.1. The standard InChI is InChI=1S/C36H26O/c1-23-18-24(2)20-28(19-23)25-12-14-27(15-13-25)30-17-16-29(26-8-4-3-5-9-26)32-21-34-31-10-6-7-11-35(31)37-36(34)22-33(30)32/h3-22H,1-2H3. The maximum Gasteiger partial charge on any atom is 0.136 e. The normalized spacial score (nSPS) is 11.5. The van der Waals surface area contributed by atoms with Crippen molar-refractivity contribution in [1.82, 2.24) is 0 Å². The molecule has 37 heavy (non-hydrogen) atoms. The fraction of sp³-hybridized carbons (Fsp3) is 0.0556. The molecule has 0 N–H and O–H groups in total. The summed E-state index contributed by atoms with van der Waals surface area (Å²) in [6.45, 7) is 4.31. The number of aryl methyl sites for hydroxylation is 2. The fourth-order valence-electron chi connectivity index (χ4n) is 5.67. The van der Waals surface area contributed by atoms with Gasteiger partial charge in [0.25, 0.3) is 0 Å². The van der Waals surface area contributed by atoms with Crippen LogP contribution in [0.1, 0.15) is 11.1 Å². The van der Waals surface area contributed by atoms with Gasteiger partial charge < -0.3 is 4.42 Å². The Kier molecular flexibility index (Phi) is 4.97. The molecule has 0 bridgehead atoms. The highest BCUT2D eigenvalue weighted by atomic mass is 16.3. The lowest BCUT2D eigenvalue weighted by Crippen LogP contribution is -1.87.